The fourth-order valence-electron chi connectivity index (χ4n) is 2.44. The Kier molecular flexibility index (Phi) is 3.89. The second-order valence-corrected chi connectivity index (χ2v) is 4.94. The molecule has 2 aromatic heterocycles. The van der Waals surface area contributed by atoms with Gasteiger partial charge >= 0.3 is 5.97 Å². The number of ether oxygens (including phenoxy) is 1. The first kappa shape index (κ1) is 14.9. The maximum absolute atomic E-state index is 12.4. The van der Waals surface area contributed by atoms with Crippen molar-refractivity contribution >= 4 is 16.9 Å². The molecule has 1 aromatic carbocycles. The van der Waals surface area contributed by atoms with Crippen LogP contribution in [0.1, 0.15) is 17.3 Å². The van der Waals surface area contributed by atoms with Crippen LogP contribution in [-0.4, -0.2) is 27.8 Å². The van der Waals surface area contributed by atoms with E-state index in [1.165, 1.54) is 11.8 Å². The van der Waals surface area contributed by atoms with Gasteiger partial charge in [-0.3, -0.25) is 9.78 Å². The van der Waals surface area contributed by atoms with Crippen molar-refractivity contribution in [3.05, 3.63) is 58.5 Å². The molecule has 116 valence electrons. The fourth-order valence-corrected chi connectivity index (χ4v) is 2.44. The van der Waals surface area contributed by atoms with E-state index in [1.54, 1.807) is 36.5 Å². The van der Waals surface area contributed by atoms with Gasteiger partial charge in [0.05, 0.1) is 18.1 Å². The third-order valence-corrected chi connectivity index (χ3v) is 3.57. The third-order valence-electron chi connectivity index (χ3n) is 3.57. The van der Waals surface area contributed by atoms with Crippen molar-refractivity contribution in [2.45, 2.75) is 13.5 Å². The molecule has 0 atom stereocenters. The molecule has 0 spiro atoms. The summed E-state index contributed by atoms with van der Waals surface area (Å²) in [5, 5.41) is 4.91. The van der Waals surface area contributed by atoms with Crippen molar-refractivity contribution in [1.82, 2.24) is 14.8 Å². The molecule has 0 fully saturated rings. The molecule has 6 heteroatoms. The van der Waals surface area contributed by atoms with Gasteiger partial charge in [0.15, 0.2) is 0 Å². The summed E-state index contributed by atoms with van der Waals surface area (Å²) in [4.78, 5) is 28.4. The first-order valence-corrected chi connectivity index (χ1v) is 7.20. The maximum atomic E-state index is 12.4. The molecule has 0 saturated heterocycles. The number of carbonyl (C=O) groups excluding carboxylic acids is 1. The van der Waals surface area contributed by atoms with E-state index in [4.69, 9.17) is 4.74 Å². The normalized spacial score (nSPS) is 10.7. The Balaban J connectivity index is 2.30. The Labute approximate surface area is 132 Å². The van der Waals surface area contributed by atoms with Crippen LogP contribution in [0.2, 0.25) is 0 Å². The minimum absolute atomic E-state index is 0.177. The number of carbonyl (C=O) groups is 1. The molecule has 0 amide bonds. The van der Waals surface area contributed by atoms with Gasteiger partial charge in [-0.25, -0.2) is 9.48 Å². The van der Waals surface area contributed by atoms with Crippen LogP contribution in [0.4, 0.5) is 0 Å². The summed E-state index contributed by atoms with van der Waals surface area (Å²) < 4.78 is 6.14. The lowest BCUT2D eigenvalue weighted by molar-refractivity contribution is 0.0601. The van der Waals surface area contributed by atoms with Gasteiger partial charge in [-0.15, -0.1) is 0 Å². The van der Waals surface area contributed by atoms with E-state index in [0.29, 0.717) is 34.3 Å². The number of fused-ring (bicyclic) bond motifs is 1. The average Bonchev–Trinajstić information content (AvgIpc) is 2.61. The van der Waals surface area contributed by atoms with Gasteiger partial charge in [0.25, 0.3) is 5.56 Å². The number of rotatable bonds is 3. The van der Waals surface area contributed by atoms with Crippen molar-refractivity contribution in [3.8, 4) is 11.3 Å². The zero-order valence-corrected chi connectivity index (χ0v) is 12.8. The van der Waals surface area contributed by atoms with Gasteiger partial charge in [0, 0.05) is 18.3 Å². The van der Waals surface area contributed by atoms with Crippen LogP contribution in [0.25, 0.3) is 22.2 Å². The molecule has 2 heterocycles. The quantitative estimate of drug-likeness (QED) is 0.694. The molecule has 0 aliphatic rings. The number of aryl methyl sites for hydroxylation is 1. The molecule has 0 N–H and O–H groups in total. The summed E-state index contributed by atoms with van der Waals surface area (Å²) in [6.45, 7) is 2.30. The summed E-state index contributed by atoms with van der Waals surface area (Å²) in [5.41, 5.74) is 2.03. The molecule has 6 nitrogen and oxygen atoms in total. The predicted octanol–water partition coefficient (Wildman–Crippen LogP) is 2.26. The first-order valence-electron chi connectivity index (χ1n) is 7.20. The summed E-state index contributed by atoms with van der Waals surface area (Å²) in [6.07, 6.45) is 1.62. The average molecular weight is 309 g/mol. The summed E-state index contributed by atoms with van der Waals surface area (Å²) in [6, 6.07) is 10.4. The van der Waals surface area contributed by atoms with Crippen molar-refractivity contribution in [3.63, 3.8) is 0 Å². The number of esters is 1. The molecule has 0 bridgehead atoms. The summed E-state index contributed by atoms with van der Waals surface area (Å²) >= 11 is 0. The number of pyridine rings is 1. The van der Waals surface area contributed by atoms with Crippen LogP contribution < -0.4 is 5.56 Å². The Morgan fingerprint density at radius 2 is 2.09 bits per heavy atom. The standard InChI is InChI=1S/C17H15N3O3/c1-3-20-16(21)13-8-5-9-18-15(13)14(19-20)11-6-4-7-12(10-11)17(22)23-2/h4-10H,3H2,1-2H3. The van der Waals surface area contributed by atoms with Gasteiger partial charge in [-0.2, -0.15) is 5.10 Å². The highest BCUT2D eigenvalue weighted by molar-refractivity contribution is 5.94. The van der Waals surface area contributed by atoms with Crippen molar-refractivity contribution in [1.29, 1.82) is 0 Å². The summed E-state index contributed by atoms with van der Waals surface area (Å²) in [7, 11) is 1.33. The van der Waals surface area contributed by atoms with E-state index in [2.05, 4.69) is 10.1 Å². The lowest BCUT2D eigenvalue weighted by Crippen LogP contribution is -2.23. The molecule has 23 heavy (non-hydrogen) atoms. The van der Waals surface area contributed by atoms with Gasteiger partial charge in [0.1, 0.15) is 11.2 Å². The second-order valence-electron chi connectivity index (χ2n) is 4.94. The van der Waals surface area contributed by atoms with E-state index in [1.807, 2.05) is 13.0 Å². The fraction of sp³-hybridized carbons (Fsp3) is 0.176. The molecular formula is C17H15N3O3. The molecule has 0 aliphatic carbocycles. The molecular weight excluding hydrogens is 294 g/mol. The minimum atomic E-state index is -0.423. The van der Waals surface area contributed by atoms with Crippen LogP contribution in [0.3, 0.4) is 0 Å². The van der Waals surface area contributed by atoms with E-state index in [-0.39, 0.29) is 5.56 Å². The van der Waals surface area contributed by atoms with Crippen LogP contribution in [0.15, 0.2) is 47.4 Å². The van der Waals surface area contributed by atoms with Gasteiger partial charge in [-0.05, 0) is 31.2 Å². The number of nitrogens with zero attached hydrogens (tertiary/aromatic N) is 3. The van der Waals surface area contributed by atoms with Crippen molar-refractivity contribution in [2.24, 2.45) is 0 Å². The van der Waals surface area contributed by atoms with Crippen molar-refractivity contribution in [2.75, 3.05) is 7.11 Å². The van der Waals surface area contributed by atoms with Gasteiger partial charge < -0.3 is 4.74 Å². The highest BCUT2D eigenvalue weighted by atomic mass is 16.5. The van der Waals surface area contributed by atoms with E-state index in [9.17, 15) is 9.59 Å². The lowest BCUT2D eigenvalue weighted by atomic mass is 10.1. The van der Waals surface area contributed by atoms with Crippen LogP contribution in [0.5, 0.6) is 0 Å². The Morgan fingerprint density at radius 1 is 1.26 bits per heavy atom. The van der Waals surface area contributed by atoms with E-state index < -0.39 is 5.97 Å². The monoisotopic (exact) mass is 309 g/mol. The Morgan fingerprint density at radius 3 is 2.83 bits per heavy atom. The zero-order valence-electron chi connectivity index (χ0n) is 12.8. The number of methoxy groups -OCH3 is 1. The van der Waals surface area contributed by atoms with Gasteiger partial charge in [0.2, 0.25) is 0 Å². The molecule has 0 saturated carbocycles. The SMILES string of the molecule is CCn1nc(-c2cccc(C(=O)OC)c2)c2ncccc2c1=O. The minimum Gasteiger partial charge on any atom is -0.465 e. The predicted molar refractivity (Wildman–Crippen MR) is 86.2 cm³/mol. The highest BCUT2D eigenvalue weighted by Crippen LogP contribution is 2.24. The number of benzene rings is 1. The van der Waals surface area contributed by atoms with E-state index in [0.717, 1.165) is 0 Å². The first-order chi connectivity index (χ1) is 11.2. The molecule has 0 unspecified atom stereocenters. The molecule has 3 aromatic rings. The Bertz CT molecular complexity index is 947. The highest BCUT2D eigenvalue weighted by Gasteiger charge is 2.14. The van der Waals surface area contributed by atoms with Gasteiger partial charge in [-0.1, -0.05) is 12.1 Å². The Hall–Kier alpha value is -3.02. The molecule has 0 aliphatic heterocycles. The number of hydrogen-bond acceptors (Lipinski definition) is 5. The third kappa shape index (κ3) is 2.59. The zero-order chi connectivity index (χ0) is 16.4. The topological polar surface area (TPSA) is 74.1 Å². The van der Waals surface area contributed by atoms with Crippen LogP contribution >= 0.6 is 0 Å². The van der Waals surface area contributed by atoms with Crippen LogP contribution in [0, 0.1) is 0 Å². The number of aromatic nitrogens is 3. The summed E-state index contributed by atoms with van der Waals surface area (Å²) in [5.74, 6) is -0.423. The smallest absolute Gasteiger partial charge is 0.337 e. The largest absolute Gasteiger partial charge is 0.465 e. The lowest BCUT2D eigenvalue weighted by Gasteiger charge is -2.09. The maximum Gasteiger partial charge on any atom is 0.337 e. The second kappa shape index (κ2) is 6.00. The molecule has 0 radical (unpaired) electrons. The van der Waals surface area contributed by atoms with Crippen molar-refractivity contribution < 1.29 is 9.53 Å². The van der Waals surface area contributed by atoms with Crippen LogP contribution in [-0.2, 0) is 11.3 Å². The number of hydrogen-bond donors (Lipinski definition) is 0. The van der Waals surface area contributed by atoms with E-state index >= 15 is 0 Å². The molecule has 3 rings (SSSR count).